The predicted molar refractivity (Wildman–Crippen MR) is 66.1 cm³/mol. The van der Waals surface area contributed by atoms with E-state index in [-0.39, 0.29) is 5.75 Å². The number of rotatable bonds is 1. The molecule has 0 saturated heterocycles. The second kappa shape index (κ2) is 4.32. The Kier molecular flexibility index (Phi) is 3.03. The van der Waals surface area contributed by atoms with Gasteiger partial charge in [-0.2, -0.15) is 0 Å². The van der Waals surface area contributed by atoms with Gasteiger partial charge in [0.05, 0.1) is 16.4 Å². The van der Waals surface area contributed by atoms with E-state index in [9.17, 15) is 5.11 Å². The number of aryl methyl sites for hydroxylation is 1. The normalized spacial score (nSPS) is 10.4. The Labute approximate surface area is 103 Å². The molecule has 1 N–H and O–H groups in total. The lowest BCUT2D eigenvalue weighted by molar-refractivity contribution is 0.468. The molecule has 1 aromatic carbocycles. The van der Waals surface area contributed by atoms with E-state index >= 15 is 0 Å². The van der Waals surface area contributed by atoms with Crippen LogP contribution in [-0.4, -0.2) is 10.1 Å². The molecular weight excluding hydrogens is 245 g/mol. The Hall–Kier alpha value is -1.25. The molecular formula is C12H9Cl2NO. The van der Waals surface area contributed by atoms with Crippen LogP contribution in [0.3, 0.4) is 0 Å². The first-order valence-electron chi connectivity index (χ1n) is 4.70. The summed E-state index contributed by atoms with van der Waals surface area (Å²) in [7, 11) is 0. The minimum Gasteiger partial charge on any atom is -0.506 e. The summed E-state index contributed by atoms with van der Waals surface area (Å²) in [6.07, 6.45) is 0. The van der Waals surface area contributed by atoms with Gasteiger partial charge in [-0.05, 0) is 37.3 Å². The summed E-state index contributed by atoms with van der Waals surface area (Å²) in [5.74, 6) is 0.175. The molecule has 2 aromatic rings. The van der Waals surface area contributed by atoms with E-state index < -0.39 is 0 Å². The van der Waals surface area contributed by atoms with Crippen molar-refractivity contribution in [2.75, 3.05) is 0 Å². The van der Waals surface area contributed by atoms with Gasteiger partial charge in [-0.25, -0.2) is 4.98 Å². The van der Waals surface area contributed by atoms with E-state index in [0.29, 0.717) is 15.7 Å². The maximum atomic E-state index is 9.39. The number of halogens is 2. The average Bonchev–Trinajstić information content (AvgIpc) is 2.22. The van der Waals surface area contributed by atoms with Crippen LogP contribution in [0.4, 0.5) is 0 Å². The van der Waals surface area contributed by atoms with Gasteiger partial charge in [0.1, 0.15) is 5.75 Å². The monoisotopic (exact) mass is 253 g/mol. The number of hydrogen-bond donors (Lipinski definition) is 1. The van der Waals surface area contributed by atoms with Crippen LogP contribution >= 0.6 is 23.2 Å². The molecule has 0 saturated carbocycles. The molecule has 1 aromatic heterocycles. The van der Waals surface area contributed by atoms with E-state index in [1.807, 2.05) is 6.07 Å². The zero-order chi connectivity index (χ0) is 11.7. The zero-order valence-electron chi connectivity index (χ0n) is 8.54. The van der Waals surface area contributed by atoms with Gasteiger partial charge in [-0.3, -0.25) is 0 Å². The van der Waals surface area contributed by atoms with Crippen LogP contribution in [-0.2, 0) is 0 Å². The van der Waals surface area contributed by atoms with Gasteiger partial charge in [-0.1, -0.05) is 23.2 Å². The van der Waals surface area contributed by atoms with Crippen LogP contribution in [0.1, 0.15) is 5.69 Å². The van der Waals surface area contributed by atoms with Crippen molar-refractivity contribution >= 4 is 23.2 Å². The molecule has 0 aliphatic heterocycles. The van der Waals surface area contributed by atoms with Gasteiger partial charge < -0.3 is 5.11 Å². The van der Waals surface area contributed by atoms with E-state index in [1.165, 1.54) is 0 Å². The molecule has 4 heteroatoms. The van der Waals surface area contributed by atoms with Crippen molar-refractivity contribution in [1.29, 1.82) is 0 Å². The highest BCUT2D eigenvalue weighted by Gasteiger charge is 2.07. The van der Waals surface area contributed by atoms with Crippen LogP contribution in [0.25, 0.3) is 11.3 Å². The van der Waals surface area contributed by atoms with Gasteiger partial charge in [0.2, 0.25) is 0 Å². The molecule has 16 heavy (non-hydrogen) atoms. The smallest absolute Gasteiger partial charge is 0.136 e. The molecule has 0 fully saturated rings. The number of pyridine rings is 1. The summed E-state index contributed by atoms with van der Waals surface area (Å²) in [5.41, 5.74) is 2.09. The minimum absolute atomic E-state index is 0.175. The summed E-state index contributed by atoms with van der Waals surface area (Å²) in [4.78, 5) is 4.26. The number of aromatic hydroxyl groups is 1. The highest BCUT2D eigenvalue weighted by Crippen LogP contribution is 2.30. The van der Waals surface area contributed by atoms with Crippen molar-refractivity contribution in [2.24, 2.45) is 0 Å². The van der Waals surface area contributed by atoms with E-state index in [2.05, 4.69) is 4.98 Å². The molecule has 1 heterocycles. The Bertz CT molecular complexity index is 541. The maximum Gasteiger partial charge on any atom is 0.136 e. The molecule has 0 spiro atoms. The SMILES string of the molecule is Cc1nc(-c2ccc(Cl)cc2Cl)ccc1O. The fourth-order valence-corrected chi connectivity index (χ4v) is 1.91. The van der Waals surface area contributed by atoms with E-state index in [4.69, 9.17) is 23.2 Å². The number of hydrogen-bond acceptors (Lipinski definition) is 2. The van der Waals surface area contributed by atoms with Crippen molar-refractivity contribution in [3.63, 3.8) is 0 Å². The molecule has 0 radical (unpaired) electrons. The van der Waals surface area contributed by atoms with Crippen molar-refractivity contribution in [1.82, 2.24) is 4.98 Å². The summed E-state index contributed by atoms with van der Waals surface area (Å²) in [6.45, 7) is 1.74. The van der Waals surface area contributed by atoms with Gasteiger partial charge in [0.15, 0.2) is 0 Å². The molecule has 82 valence electrons. The summed E-state index contributed by atoms with van der Waals surface area (Å²) < 4.78 is 0. The molecule has 0 unspecified atom stereocenters. The van der Waals surface area contributed by atoms with Crippen molar-refractivity contribution in [3.8, 4) is 17.0 Å². The van der Waals surface area contributed by atoms with Crippen LogP contribution in [0.2, 0.25) is 10.0 Å². The van der Waals surface area contributed by atoms with Crippen LogP contribution in [0.15, 0.2) is 30.3 Å². The molecule has 0 bridgehead atoms. The van der Waals surface area contributed by atoms with Gasteiger partial charge >= 0.3 is 0 Å². The van der Waals surface area contributed by atoms with Gasteiger partial charge in [0, 0.05) is 10.6 Å². The molecule has 2 nitrogen and oxygen atoms in total. The third kappa shape index (κ3) is 2.13. The van der Waals surface area contributed by atoms with Gasteiger partial charge in [-0.15, -0.1) is 0 Å². The maximum absolute atomic E-state index is 9.39. The Balaban J connectivity index is 2.54. The standard InChI is InChI=1S/C12H9Cl2NO/c1-7-12(16)5-4-11(15-7)9-3-2-8(13)6-10(9)14/h2-6,16H,1H3. The second-order valence-electron chi connectivity index (χ2n) is 3.43. The summed E-state index contributed by atoms with van der Waals surface area (Å²) >= 11 is 11.9. The van der Waals surface area contributed by atoms with Crippen LogP contribution in [0.5, 0.6) is 5.75 Å². The van der Waals surface area contributed by atoms with Crippen molar-refractivity contribution in [2.45, 2.75) is 6.92 Å². The van der Waals surface area contributed by atoms with Crippen molar-refractivity contribution in [3.05, 3.63) is 46.1 Å². The zero-order valence-corrected chi connectivity index (χ0v) is 10.0. The average molecular weight is 254 g/mol. The lowest BCUT2D eigenvalue weighted by Crippen LogP contribution is -1.88. The van der Waals surface area contributed by atoms with E-state index in [0.717, 1.165) is 11.3 Å². The lowest BCUT2D eigenvalue weighted by atomic mass is 10.1. The first kappa shape index (κ1) is 11.2. The lowest BCUT2D eigenvalue weighted by Gasteiger charge is -2.06. The topological polar surface area (TPSA) is 33.1 Å². The first-order chi connectivity index (χ1) is 7.58. The van der Waals surface area contributed by atoms with Gasteiger partial charge in [0.25, 0.3) is 0 Å². The molecule has 2 rings (SSSR count). The predicted octanol–water partition coefficient (Wildman–Crippen LogP) is 4.07. The Morgan fingerprint density at radius 3 is 2.50 bits per heavy atom. The quantitative estimate of drug-likeness (QED) is 0.832. The third-order valence-electron chi connectivity index (χ3n) is 2.27. The number of nitrogens with zero attached hydrogens (tertiary/aromatic N) is 1. The molecule has 0 atom stereocenters. The molecule has 0 amide bonds. The number of aromatic nitrogens is 1. The second-order valence-corrected chi connectivity index (χ2v) is 4.27. The third-order valence-corrected chi connectivity index (χ3v) is 2.81. The molecule has 0 aliphatic rings. The van der Waals surface area contributed by atoms with Crippen molar-refractivity contribution < 1.29 is 5.11 Å². The highest BCUT2D eigenvalue weighted by molar-refractivity contribution is 6.36. The molecule has 0 aliphatic carbocycles. The minimum atomic E-state index is 0.175. The fourth-order valence-electron chi connectivity index (χ4n) is 1.40. The highest BCUT2D eigenvalue weighted by atomic mass is 35.5. The summed E-state index contributed by atoms with van der Waals surface area (Å²) in [6, 6.07) is 8.55. The number of benzene rings is 1. The largest absolute Gasteiger partial charge is 0.506 e. The van der Waals surface area contributed by atoms with E-state index in [1.54, 1.807) is 31.2 Å². The van der Waals surface area contributed by atoms with Crippen LogP contribution < -0.4 is 0 Å². The van der Waals surface area contributed by atoms with Crippen LogP contribution in [0, 0.1) is 6.92 Å². The Morgan fingerprint density at radius 1 is 1.12 bits per heavy atom. The first-order valence-corrected chi connectivity index (χ1v) is 5.45. The summed E-state index contributed by atoms with van der Waals surface area (Å²) in [5, 5.41) is 10.5. The fraction of sp³-hybridized carbons (Fsp3) is 0.0833. The Morgan fingerprint density at radius 2 is 1.88 bits per heavy atom.